The van der Waals surface area contributed by atoms with Gasteiger partial charge in [-0.15, -0.1) is 0 Å². The third-order valence-electron chi connectivity index (χ3n) is 7.20. The van der Waals surface area contributed by atoms with E-state index in [9.17, 15) is 4.79 Å². The summed E-state index contributed by atoms with van der Waals surface area (Å²) in [4.78, 5) is 18.0. The Labute approximate surface area is 207 Å². The number of rotatable bonds is 9. The Balaban J connectivity index is 1.16. The van der Waals surface area contributed by atoms with Crippen molar-refractivity contribution in [1.29, 1.82) is 0 Å². The zero-order valence-electron chi connectivity index (χ0n) is 20.6. The molecule has 1 aromatic heterocycles. The van der Waals surface area contributed by atoms with E-state index in [1.165, 1.54) is 12.8 Å². The fraction of sp³-hybridized carbons (Fsp3) is 0.464. The highest BCUT2D eigenvalue weighted by Gasteiger charge is 2.17. The molecule has 0 spiro atoms. The Kier molecular flexibility index (Phi) is 7.54. The molecule has 7 heteroatoms. The van der Waals surface area contributed by atoms with Crippen LogP contribution < -0.4 is 15.2 Å². The normalized spacial score (nSPS) is 17.6. The van der Waals surface area contributed by atoms with Crippen molar-refractivity contribution in [2.75, 3.05) is 45.9 Å². The molecule has 2 aliphatic rings. The number of likely N-dealkylation sites (N-methyl/N-ethyl adjacent to an activating group) is 1. The van der Waals surface area contributed by atoms with Crippen LogP contribution in [0.25, 0.3) is 11.4 Å². The summed E-state index contributed by atoms with van der Waals surface area (Å²) in [5.74, 6) is 1.69. The lowest BCUT2D eigenvalue weighted by molar-refractivity contribution is 0.121. The Morgan fingerprint density at radius 2 is 1.31 bits per heavy atom. The van der Waals surface area contributed by atoms with Gasteiger partial charge in [0.05, 0.1) is 17.5 Å². The average molecular weight is 477 g/mol. The van der Waals surface area contributed by atoms with Crippen LogP contribution in [0.3, 0.4) is 0 Å². The SMILES string of the molecule is CCN1CCN(CCOc2ccc(-n3ccn(-c4ccc(OC5CCCC5)cc4)c3=O)cc2)CC1. The average Bonchev–Trinajstić information content (AvgIpc) is 3.55. The van der Waals surface area contributed by atoms with Crippen LogP contribution in [0, 0.1) is 0 Å². The minimum atomic E-state index is -0.102. The molecule has 5 rings (SSSR count). The van der Waals surface area contributed by atoms with Crippen LogP contribution in [0.2, 0.25) is 0 Å². The zero-order valence-corrected chi connectivity index (χ0v) is 20.6. The van der Waals surface area contributed by atoms with Gasteiger partial charge in [0.15, 0.2) is 0 Å². The van der Waals surface area contributed by atoms with Crippen LogP contribution in [0.15, 0.2) is 65.7 Å². The fourth-order valence-electron chi connectivity index (χ4n) is 4.98. The van der Waals surface area contributed by atoms with Gasteiger partial charge in [0.2, 0.25) is 0 Å². The van der Waals surface area contributed by atoms with Crippen LogP contribution in [0.5, 0.6) is 11.5 Å². The second-order valence-corrected chi connectivity index (χ2v) is 9.46. The lowest BCUT2D eigenvalue weighted by Gasteiger charge is -2.33. The van der Waals surface area contributed by atoms with Gasteiger partial charge in [-0.25, -0.2) is 4.79 Å². The molecular formula is C28H36N4O3. The molecule has 0 amide bonds. The maximum Gasteiger partial charge on any atom is 0.337 e. The number of hydrogen-bond donors (Lipinski definition) is 0. The van der Waals surface area contributed by atoms with Gasteiger partial charge >= 0.3 is 5.69 Å². The third-order valence-corrected chi connectivity index (χ3v) is 7.20. The molecule has 1 saturated carbocycles. The van der Waals surface area contributed by atoms with E-state index in [0.29, 0.717) is 12.7 Å². The molecule has 1 aliphatic heterocycles. The van der Waals surface area contributed by atoms with E-state index >= 15 is 0 Å². The van der Waals surface area contributed by atoms with Crippen molar-refractivity contribution in [2.45, 2.75) is 38.7 Å². The molecule has 3 aromatic rings. The Hall–Kier alpha value is -3.03. The highest BCUT2D eigenvalue weighted by molar-refractivity contribution is 5.40. The van der Waals surface area contributed by atoms with Crippen molar-refractivity contribution in [3.05, 3.63) is 71.4 Å². The van der Waals surface area contributed by atoms with Gasteiger partial charge in [-0.2, -0.15) is 0 Å². The first-order chi connectivity index (χ1) is 17.2. The summed E-state index contributed by atoms with van der Waals surface area (Å²) in [7, 11) is 0. The summed E-state index contributed by atoms with van der Waals surface area (Å²) < 4.78 is 15.3. The molecule has 0 bridgehead atoms. The number of piperazine rings is 1. The molecule has 186 valence electrons. The molecule has 0 radical (unpaired) electrons. The number of benzene rings is 2. The number of hydrogen-bond acceptors (Lipinski definition) is 5. The van der Waals surface area contributed by atoms with E-state index in [4.69, 9.17) is 9.47 Å². The Morgan fingerprint density at radius 3 is 1.89 bits per heavy atom. The summed E-state index contributed by atoms with van der Waals surface area (Å²) in [6.45, 7) is 9.43. The monoisotopic (exact) mass is 476 g/mol. The second-order valence-electron chi connectivity index (χ2n) is 9.46. The molecule has 0 atom stereocenters. The van der Waals surface area contributed by atoms with Crippen LogP contribution in [-0.4, -0.2) is 70.9 Å². The van der Waals surface area contributed by atoms with Crippen LogP contribution in [0.1, 0.15) is 32.6 Å². The number of ether oxygens (including phenoxy) is 2. The second kappa shape index (κ2) is 11.1. The molecule has 1 aliphatic carbocycles. The Bertz CT molecular complexity index is 1120. The van der Waals surface area contributed by atoms with E-state index < -0.39 is 0 Å². The minimum absolute atomic E-state index is 0.102. The van der Waals surface area contributed by atoms with Crippen LogP contribution in [0.4, 0.5) is 0 Å². The van der Waals surface area contributed by atoms with Crippen molar-refractivity contribution in [1.82, 2.24) is 18.9 Å². The highest BCUT2D eigenvalue weighted by Crippen LogP contribution is 2.24. The molecule has 2 fully saturated rings. The quantitative estimate of drug-likeness (QED) is 0.468. The van der Waals surface area contributed by atoms with Gasteiger partial charge in [0, 0.05) is 45.1 Å². The largest absolute Gasteiger partial charge is 0.492 e. The topological polar surface area (TPSA) is 51.9 Å². The lowest BCUT2D eigenvalue weighted by Crippen LogP contribution is -2.47. The molecule has 0 N–H and O–H groups in total. The third kappa shape index (κ3) is 5.80. The van der Waals surface area contributed by atoms with Gasteiger partial charge in [-0.3, -0.25) is 14.0 Å². The zero-order chi connectivity index (χ0) is 24.0. The number of aromatic nitrogens is 2. The molecule has 2 heterocycles. The summed E-state index contributed by atoms with van der Waals surface area (Å²) >= 11 is 0. The van der Waals surface area contributed by atoms with Gasteiger partial charge in [-0.1, -0.05) is 6.92 Å². The predicted molar refractivity (Wildman–Crippen MR) is 138 cm³/mol. The summed E-state index contributed by atoms with van der Waals surface area (Å²) in [6, 6.07) is 15.5. The van der Waals surface area contributed by atoms with E-state index in [-0.39, 0.29) is 5.69 Å². The smallest absolute Gasteiger partial charge is 0.337 e. The Morgan fingerprint density at radius 1 is 0.771 bits per heavy atom. The van der Waals surface area contributed by atoms with Gasteiger partial charge < -0.3 is 14.4 Å². The van der Waals surface area contributed by atoms with Crippen molar-refractivity contribution < 1.29 is 9.47 Å². The molecule has 2 aromatic carbocycles. The fourth-order valence-corrected chi connectivity index (χ4v) is 4.98. The van der Waals surface area contributed by atoms with Gasteiger partial charge in [-0.05, 0) is 80.8 Å². The first-order valence-electron chi connectivity index (χ1n) is 12.9. The summed E-state index contributed by atoms with van der Waals surface area (Å²) in [5, 5.41) is 0. The van der Waals surface area contributed by atoms with Crippen molar-refractivity contribution in [3.63, 3.8) is 0 Å². The van der Waals surface area contributed by atoms with Crippen molar-refractivity contribution >= 4 is 0 Å². The molecule has 35 heavy (non-hydrogen) atoms. The van der Waals surface area contributed by atoms with E-state index in [2.05, 4.69) is 16.7 Å². The summed E-state index contributed by atoms with van der Waals surface area (Å²) in [5.41, 5.74) is 1.54. The molecule has 1 saturated heterocycles. The highest BCUT2D eigenvalue weighted by atomic mass is 16.5. The number of nitrogens with zero attached hydrogens (tertiary/aromatic N) is 4. The predicted octanol–water partition coefficient (Wildman–Crippen LogP) is 3.97. The maximum atomic E-state index is 13.1. The standard InChI is InChI=1S/C28H36N4O3/c1-2-29-15-17-30(18-16-29)21-22-34-25-11-7-23(8-12-25)31-19-20-32(28(31)33)24-9-13-27(14-10-24)35-26-5-3-4-6-26/h7-14,19-20,26H,2-6,15-18,21-22H2,1H3. The van der Waals surface area contributed by atoms with E-state index in [0.717, 1.165) is 75.0 Å². The van der Waals surface area contributed by atoms with Crippen molar-refractivity contribution in [2.24, 2.45) is 0 Å². The number of imidazole rings is 1. The van der Waals surface area contributed by atoms with E-state index in [1.807, 2.05) is 48.5 Å². The molecule has 7 nitrogen and oxygen atoms in total. The molecule has 0 unspecified atom stereocenters. The first-order valence-corrected chi connectivity index (χ1v) is 12.9. The van der Waals surface area contributed by atoms with Gasteiger partial charge in [0.25, 0.3) is 0 Å². The van der Waals surface area contributed by atoms with Crippen LogP contribution in [-0.2, 0) is 0 Å². The van der Waals surface area contributed by atoms with Crippen molar-refractivity contribution in [3.8, 4) is 22.9 Å². The minimum Gasteiger partial charge on any atom is -0.492 e. The molecular weight excluding hydrogens is 440 g/mol. The maximum absolute atomic E-state index is 13.1. The van der Waals surface area contributed by atoms with E-state index in [1.54, 1.807) is 21.5 Å². The first kappa shape index (κ1) is 23.7. The lowest BCUT2D eigenvalue weighted by atomic mass is 10.2. The summed E-state index contributed by atoms with van der Waals surface area (Å²) in [6.07, 6.45) is 8.68. The van der Waals surface area contributed by atoms with Gasteiger partial charge in [0.1, 0.15) is 18.1 Å². The van der Waals surface area contributed by atoms with Crippen LogP contribution >= 0.6 is 0 Å².